The van der Waals surface area contributed by atoms with Crippen LogP contribution in [0.4, 0.5) is 18.0 Å². The molecule has 1 saturated carbocycles. The molecule has 8 heteroatoms. The first-order valence-electron chi connectivity index (χ1n) is 5.73. The standard InChI is InChI=1S/C11H16F3NO4/c1-4-18-8(17)15-10(5-9(10,2)3)7(16)19-6-11(12,13)14/h4-6H2,1-3H3,(H,15,17). The average Bonchev–Trinajstić information content (AvgIpc) is 2.77. The van der Waals surface area contributed by atoms with Gasteiger partial charge in [0.25, 0.3) is 0 Å². The van der Waals surface area contributed by atoms with Crippen molar-refractivity contribution in [2.75, 3.05) is 13.2 Å². The molecule has 1 unspecified atom stereocenters. The summed E-state index contributed by atoms with van der Waals surface area (Å²) in [4.78, 5) is 23.1. The van der Waals surface area contributed by atoms with Crippen molar-refractivity contribution in [3.05, 3.63) is 0 Å². The Hall–Kier alpha value is -1.47. The van der Waals surface area contributed by atoms with Crippen LogP contribution >= 0.6 is 0 Å². The molecule has 1 aliphatic rings. The molecule has 19 heavy (non-hydrogen) atoms. The van der Waals surface area contributed by atoms with Gasteiger partial charge in [0.2, 0.25) is 0 Å². The van der Waals surface area contributed by atoms with E-state index in [1.54, 1.807) is 20.8 Å². The number of nitrogens with one attached hydrogen (secondary N) is 1. The Morgan fingerprint density at radius 1 is 1.26 bits per heavy atom. The van der Waals surface area contributed by atoms with Gasteiger partial charge >= 0.3 is 18.2 Å². The normalized spacial score (nSPS) is 24.5. The number of alkyl carbamates (subject to hydrolysis) is 1. The first kappa shape index (κ1) is 15.6. The number of hydrogen-bond donors (Lipinski definition) is 1. The zero-order chi connectivity index (χ0) is 14.9. The molecule has 0 aromatic heterocycles. The number of carbonyl (C=O) groups excluding carboxylic acids is 2. The quantitative estimate of drug-likeness (QED) is 0.802. The topological polar surface area (TPSA) is 64.6 Å². The third-order valence-corrected chi connectivity index (χ3v) is 3.04. The molecule has 0 spiro atoms. The van der Waals surface area contributed by atoms with Crippen LogP contribution in [0.3, 0.4) is 0 Å². The maximum absolute atomic E-state index is 12.0. The van der Waals surface area contributed by atoms with Crippen molar-refractivity contribution in [2.24, 2.45) is 5.41 Å². The van der Waals surface area contributed by atoms with Gasteiger partial charge in [-0.05, 0) is 13.3 Å². The van der Waals surface area contributed by atoms with E-state index in [2.05, 4.69) is 14.8 Å². The second-order valence-corrected chi connectivity index (χ2v) is 5.00. The lowest BCUT2D eigenvalue weighted by atomic mass is 10.1. The molecule has 1 amide bonds. The van der Waals surface area contributed by atoms with Gasteiger partial charge in [0.1, 0.15) is 5.54 Å². The Bertz CT molecular complexity index is 381. The number of ether oxygens (including phenoxy) is 2. The molecule has 0 heterocycles. The molecular weight excluding hydrogens is 267 g/mol. The van der Waals surface area contributed by atoms with Crippen LogP contribution in [0.15, 0.2) is 0 Å². The number of amides is 1. The molecule has 1 fully saturated rings. The molecule has 0 aliphatic heterocycles. The van der Waals surface area contributed by atoms with E-state index in [0.717, 1.165) is 0 Å². The second-order valence-electron chi connectivity index (χ2n) is 5.00. The molecule has 0 aromatic carbocycles. The van der Waals surface area contributed by atoms with Crippen molar-refractivity contribution in [3.63, 3.8) is 0 Å². The fourth-order valence-corrected chi connectivity index (χ4v) is 1.84. The molecule has 0 saturated heterocycles. The predicted molar refractivity (Wildman–Crippen MR) is 58.3 cm³/mol. The fraction of sp³-hybridized carbons (Fsp3) is 0.818. The first-order valence-corrected chi connectivity index (χ1v) is 5.73. The van der Waals surface area contributed by atoms with Crippen LogP contribution in [0.25, 0.3) is 0 Å². The highest BCUT2D eigenvalue weighted by Gasteiger charge is 2.69. The van der Waals surface area contributed by atoms with Crippen molar-refractivity contribution in [1.29, 1.82) is 0 Å². The van der Waals surface area contributed by atoms with Gasteiger partial charge in [-0.25, -0.2) is 9.59 Å². The summed E-state index contributed by atoms with van der Waals surface area (Å²) in [6.45, 7) is 3.29. The van der Waals surface area contributed by atoms with Crippen molar-refractivity contribution < 1.29 is 32.2 Å². The van der Waals surface area contributed by atoms with Gasteiger partial charge in [0.15, 0.2) is 6.61 Å². The minimum Gasteiger partial charge on any atom is -0.454 e. The minimum atomic E-state index is -4.60. The summed E-state index contributed by atoms with van der Waals surface area (Å²) < 4.78 is 44.9. The van der Waals surface area contributed by atoms with Gasteiger partial charge in [0.05, 0.1) is 6.61 Å². The van der Waals surface area contributed by atoms with Crippen LogP contribution in [0.5, 0.6) is 0 Å². The molecule has 0 bridgehead atoms. The number of esters is 1. The molecule has 1 aliphatic carbocycles. The summed E-state index contributed by atoms with van der Waals surface area (Å²) in [6, 6.07) is 0. The fourth-order valence-electron chi connectivity index (χ4n) is 1.84. The maximum atomic E-state index is 12.0. The summed E-state index contributed by atoms with van der Waals surface area (Å²) in [5, 5.41) is 2.29. The van der Waals surface area contributed by atoms with E-state index < -0.39 is 35.8 Å². The second kappa shape index (κ2) is 4.90. The minimum absolute atomic E-state index is 0.0972. The zero-order valence-corrected chi connectivity index (χ0v) is 10.9. The summed E-state index contributed by atoms with van der Waals surface area (Å²) in [5.74, 6) is -1.09. The molecule has 0 radical (unpaired) electrons. The number of hydrogen-bond acceptors (Lipinski definition) is 4. The Kier molecular flexibility index (Phi) is 4.02. The average molecular weight is 283 g/mol. The molecule has 5 nitrogen and oxygen atoms in total. The predicted octanol–water partition coefficient (Wildman–Crippen LogP) is 2.01. The number of alkyl halides is 3. The van der Waals surface area contributed by atoms with Crippen molar-refractivity contribution >= 4 is 12.1 Å². The van der Waals surface area contributed by atoms with Gasteiger partial charge < -0.3 is 14.8 Å². The maximum Gasteiger partial charge on any atom is 0.422 e. The van der Waals surface area contributed by atoms with Gasteiger partial charge in [-0.1, -0.05) is 13.8 Å². The van der Waals surface area contributed by atoms with E-state index >= 15 is 0 Å². The molecule has 110 valence electrons. The van der Waals surface area contributed by atoms with Gasteiger partial charge in [-0.2, -0.15) is 13.2 Å². The van der Waals surface area contributed by atoms with Crippen LogP contribution in [-0.2, 0) is 14.3 Å². The SMILES string of the molecule is CCOC(=O)NC1(C(=O)OCC(F)(F)F)CC1(C)C. The zero-order valence-electron chi connectivity index (χ0n) is 10.9. The molecular formula is C11H16F3NO4. The van der Waals surface area contributed by atoms with Crippen LogP contribution in [0.1, 0.15) is 27.2 Å². The Balaban J connectivity index is 2.68. The van der Waals surface area contributed by atoms with Crippen molar-refractivity contribution in [3.8, 4) is 0 Å². The van der Waals surface area contributed by atoms with E-state index in [0.29, 0.717) is 0 Å². The van der Waals surface area contributed by atoms with E-state index in [1.165, 1.54) is 0 Å². The summed E-state index contributed by atoms with van der Waals surface area (Å²) >= 11 is 0. The van der Waals surface area contributed by atoms with Crippen LogP contribution in [0.2, 0.25) is 0 Å². The number of carbonyl (C=O) groups is 2. The molecule has 1 rings (SSSR count). The summed E-state index contributed by atoms with van der Waals surface area (Å²) in [7, 11) is 0. The van der Waals surface area contributed by atoms with E-state index in [9.17, 15) is 22.8 Å². The third kappa shape index (κ3) is 3.51. The smallest absolute Gasteiger partial charge is 0.422 e. The first-order chi connectivity index (χ1) is 8.54. The van der Waals surface area contributed by atoms with Gasteiger partial charge in [-0.15, -0.1) is 0 Å². The van der Waals surface area contributed by atoms with Crippen LogP contribution < -0.4 is 5.32 Å². The highest BCUT2D eigenvalue weighted by atomic mass is 19.4. The van der Waals surface area contributed by atoms with E-state index in [-0.39, 0.29) is 13.0 Å². The molecule has 1 N–H and O–H groups in total. The monoisotopic (exact) mass is 283 g/mol. The van der Waals surface area contributed by atoms with Crippen molar-refractivity contribution in [1.82, 2.24) is 5.32 Å². The summed E-state index contributed by atoms with van der Waals surface area (Å²) in [6.07, 6.45) is -5.24. The van der Waals surface area contributed by atoms with Gasteiger partial charge in [-0.3, -0.25) is 0 Å². The highest BCUT2D eigenvalue weighted by Crippen LogP contribution is 2.56. The van der Waals surface area contributed by atoms with Crippen LogP contribution in [-0.4, -0.2) is 37.0 Å². The number of rotatable bonds is 4. The molecule has 0 aromatic rings. The Morgan fingerprint density at radius 3 is 2.16 bits per heavy atom. The summed E-state index contributed by atoms with van der Waals surface area (Å²) in [5.41, 5.74) is -2.10. The van der Waals surface area contributed by atoms with E-state index in [1.807, 2.05) is 0 Å². The Morgan fingerprint density at radius 2 is 1.79 bits per heavy atom. The lowest BCUT2D eigenvalue weighted by Crippen LogP contribution is -2.48. The lowest BCUT2D eigenvalue weighted by molar-refractivity contribution is -0.189. The highest BCUT2D eigenvalue weighted by molar-refractivity contribution is 5.90. The van der Waals surface area contributed by atoms with Crippen molar-refractivity contribution in [2.45, 2.75) is 38.9 Å². The third-order valence-electron chi connectivity index (χ3n) is 3.04. The molecule has 1 atom stereocenters. The van der Waals surface area contributed by atoms with Crippen LogP contribution in [0, 0.1) is 5.41 Å². The Labute approximate surface area is 108 Å². The van der Waals surface area contributed by atoms with Gasteiger partial charge in [0, 0.05) is 5.41 Å². The largest absolute Gasteiger partial charge is 0.454 e. The van der Waals surface area contributed by atoms with E-state index in [4.69, 9.17) is 0 Å². The number of halogens is 3. The lowest BCUT2D eigenvalue weighted by Gasteiger charge is -2.20.